The quantitative estimate of drug-likeness (QED) is 0.785. The zero-order valence-corrected chi connectivity index (χ0v) is 18.0. The molecule has 1 aliphatic heterocycles. The van der Waals surface area contributed by atoms with E-state index in [9.17, 15) is 13.2 Å². The van der Waals surface area contributed by atoms with Gasteiger partial charge in [0.05, 0.1) is 24.2 Å². The average molecular weight is 417 g/mol. The van der Waals surface area contributed by atoms with Crippen molar-refractivity contribution in [1.82, 2.24) is 9.62 Å². The molecule has 1 amide bonds. The summed E-state index contributed by atoms with van der Waals surface area (Å²) in [7, 11) is -3.65. The summed E-state index contributed by atoms with van der Waals surface area (Å²) in [6.45, 7) is 7.25. The molecule has 1 atom stereocenters. The van der Waals surface area contributed by atoms with Gasteiger partial charge in [-0.2, -0.15) is 4.31 Å². The summed E-state index contributed by atoms with van der Waals surface area (Å²) in [4.78, 5) is 13.1. The standard InChI is InChI=1S/C22H28N2O4S/c1-4-21(18-8-5-16(2)6-9-18)23-22(25)20-15-19(10-7-17(20)3)29(26,27)24-11-13-28-14-12-24/h5-10,15,21H,4,11-14H2,1-3H3,(H,23,25). The molecule has 156 valence electrons. The van der Waals surface area contributed by atoms with Gasteiger partial charge in [0.1, 0.15) is 0 Å². The number of rotatable bonds is 6. The second kappa shape index (κ2) is 9.07. The number of nitrogens with zero attached hydrogens (tertiary/aromatic N) is 1. The molecule has 0 spiro atoms. The van der Waals surface area contributed by atoms with E-state index in [4.69, 9.17) is 4.74 Å². The lowest BCUT2D eigenvalue weighted by molar-refractivity contribution is 0.0730. The molecule has 1 fully saturated rings. The van der Waals surface area contributed by atoms with Gasteiger partial charge in [0, 0.05) is 18.7 Å². The Morgan fingerprint density at radius 3 is 2.38 bits per heavy atom. The van der Waals surface area contributed by atoms with Crippen LogP contribution < -0.4 is 5.32 Å². The Morgan fingerprint density at radius 1 is 1.10 bits per heavy atom. The molecule has 0 radical (unpaired) electrons. The van der Waals surface area contributed by atoms with E-state index in [1.54, 1.807) is 12.1 Å². The zero-order chi connectivity index (χ0) is 21.0. The lowest BCUT2D eigenvalue weighted by Crippen LogP contribution is -2.40. The monoisotopic (exact) mass is 416 g/mol. The van der Waals surface area contributed by atoms with Crippen molar-refractivity contribution in [3.05, 3.63) is 64.7 Å². The Kier molecular flexibility index (Phi) is 6.72. The number of hydrogen-bond acceptors (Lipinski definition) is 4. The van der Waals surface area contributed by atoms with Crippen LogP contribution in [0.5, 0.6) is 0 Å². The van der Waals surface area contributed by atoms with E-state index in [2.05, 4.69) is 5.32 Å². The van der Waals surface area contributed by atoms with E-state index in [1.807, 2.05) is 45.0 Å². The molecule has 0 bridgehead atoms. The minimum Gasteiger partial charge on any atom is -0.379 e. The maximum atomic E-state index is 13.0. The molecule has 1 unspecified atom stereocenters. The molecular formula is C22H28N2O4S. The predicted molar refractivity (Wildman–Crippen MR) is 112 cm³/mol. The summed E-state index contributed by atoms with van der Waals surface area (Å²) in [5, 5.41) is 3.05. The van der Waals surface area contributed by atoms with Crippen LogP contribution in [0.3, 0.4) is 0 Å². The fourth-order valence-electron chi connectivity index (χ4n) is 3.40. The van der Waals surface area contributed by atoms with E-state index in [-0.39, 0.29) is 16.8 Å². The molecule has 1 N–H and O–H groups in total. The van der Waals surface area contributed by atoms with E-state index >= 15 is 0 Å². The molecule has 2 aromatic rings. The third-order valence-electron chi connectivity index (χ3n) is 5.25. The molecule has 1 saturated heterocycles. The largest absolute Gasteiger partial charge is 0.379 e. The lowest BCUT2D eigenvalue weighted by atomic mass is 10.0. The van der Waals surface area contributed by atoms with E-state index in [1.165, 1.54) is 10.4 Å². The molecule has 0 aliphatic carbocycles. The predicted octanol–water partition coefficient (Wildman–Crippen LogP) is 3.21. The molecule has 3 rings (SSSR count). The van der Waals surface area contributed by atoms with Crippen molar-refractivity contribution in [3.63, 3.8) is 0 Å². The van der Waals surface area contributed by atoms with Gasteiger partial charge in [-0.15, -0.1) is 0 Å². The number of nitrogens with one attached hydrogen (secondary N) is 1. The molecular weight excluding hydrogens is 388 g/mol. The van der Waals surface area contributed by atoms with Crippen LogP contribution in [0, 0.1) is 13.8 Å². The summed E-state index contributed by atoms with van der Waals surface area (Å²) in [6.07, 6.45) is 0.736. The molecule has 1 heterocycles. The SMILES string of the molecule is CCC(NC(=O)c1cc(S(=O)(=O)N2CCOCC2)ccc1C)c1ccc(C)cc1. The van der Waals surface area contributed by atoms with Crippen molar-refractivity contribution in [2.24, 2.45) is 0 Å². The van der Waals surface area contributed by atoms with Crippen LogP contribution in [0.2, 0.25) is 0 Å². The highest BCUT2D eigenvalue weighted by atomic mass is 32.2. The molecule has 0 saturated carbocycles. The Morgan fingerprint density at radius 2 is 1.76 bits per heavy atom. The van der Waals surface area contributed by atoms with E-state index in [0.717, 1.165) is 23.1 Å². The summed E-state index contributed by atoms with van der Waals surface area (Å²) >= 11 is 0. The molecule has 0 aromatic heterocycles. The lowest BCUT2D eigenvalue weighted by Gasteiger charge is -2.26. The Bertz CT molecular complexity index is 965. The van der Waals surface area contributed by atoms with Crippen molar-refractivity contribution in [2.45, 2.75) is 38.1 Å². The van der Waals surface area contributed by atoms with Crippen LogP contribution in [0.1, 0.15) is 46.4 Å². The Hall–Kier alpha value is -2.22. The normalized spacial score (nSPS) is 16.4. The van der Waals surface area contributed by atoms with Crippen LogP contribution in [-0.2, 0) is 14.8 Å². The number of sulfonamides is 1. The van der Waals surface area contributed by atoms with Gasteiger partial charge in [-0.25, -0.2) is 8.42 Å². The van der Waals surface area contributed by atoms with Gasteiger partial charge in [0.25, 0.3) is 5.91 Å². The summed E-state index contributed by atoms with van der Waals surface area (Å²) < 4.78 is 32.5. The average Bonchev–Trinajstić information content (AvgIpc) is 2.73. The number of aryl methyl sites for hydroxylation is 2. The fourth-order valence-corrected chi connectivity index (χ4v) is 4.83. The zero-order valence-electron chi connectivity index (χ0n) is 17.1. The summed E-state index contributed by atoms with van der Waals surface area (Å²) in [5.74, 6) is -0.269. The second-order valence-electron chi connectivity index (χ2n) is 7.34. The number of carbonyl (C=O) groups is 1. The maximum Gasteiger partial charge on any atom is 0.252 e. The van der Waals surface area contributed by atoms with Crippen LogP contribution in [0.25, 0.3) is 0 Å². The van der Waals surface area contributed by atoms with Gasteiger partial charge in [0.15, 0.2) is 0 Å². The highest BCUT2D eigenvalue weighted by molar-refractivity contribution is 7.89. The van der Waals surface area contributed by atoms with Gasteiger partial charge in [-0.05, 0) is 43.5 Å². The van der Waals surface area contributed by atoms with Crippen molar-refractivity contribution < 1.29 is 17.9 Å². The van der Waals surface area contributed by atoms with Crippen LogP contribution in [0.15, 0.2) is 47.4 Å². The van der Waals surface area contributed by atoms with Crippen LogP contribution >= 0.6 is 0 Å². The first-order valence-electron chi connectivity index (χ1n) is 9.89. The Balaban J connectivity index is 1.85. The van der Waals surface area contributed by atoms with E-state index < -0.39 is 10.0 Å². The highest BCUT2D eigenvalue weighted by Crippen LogP contribution is 2.22. The third-order valence-corrected chi connectivity index (χ3v) is 7.15. The summed E-state index contributed by atoms with van der Waals surface area (Å²) in [6, 6.07) is 12.7. The van der Waals surface area contributed by atoms with Crippen molar-refractivity contribution in [1.29, 1.82) is 0 Å². The third kappa shape index (κ3) is 4.86. The second-order valence-corrected chi connectivity index (χ2v) is 9.28. The van der Waals surface area contributed by atoms with Gasteiger partial charge in [-0.3, -0.25) is 4.79 Å². The number of morpholine rings is 1. The van der Waals surface area contributed by atoms with Gasteiger partial charge in [0.2, 0.25) is 10.0 Å². The van der Waals surface area contributed by atoms with Crippen LogP contribution in [-0.4, -0.2) is 44.9 Å². The number of ether oxygens (including phenoxy) is 1. The molecule has 2 aromatic carbocycles. The number of carbonyl (C=O) groups excluding carboxylic acids is 1. The molecule has 1 aliphatic rings. The number of hydrogen-bond donors (Lipinski definition) is 1. The first kappa shape index (κ1) is 21.5. The van der Waals surface area contributed by atoms with Gasteiger partial charge < -0.3 is 10.1 Å². The smallest absolute Gasteiger partial charge is 0.252 e. The first-order valence-corrected chi connectivity index (χ1v) is 11.3. The topological polar surface area (TPSA) is 75.7 Å². The van der Waals surface area contributed by atoms with Gasteiger partial charge in [-0.1, -0.05) is 42.8 Å². The maximum absolute atomic E-state index is 13.0. The minimum atomic E-state index is -3.65. The number of benzene rings is 2. The first-order chi connectivity index (χ1) is 13.8. The molecule has 6 nitrogen and oxygen atoms in total. The van der Waals surface area contributed by atoms with Crippen LogP contribution in [0.4, 0.5) is 0 Å². The van der Waals surface area contributed by atoms with Crippen molar-refractivity contribution in [3.8, 4) is 0 Å². The summed E-state index contributed by atoms with van der Waals surface area (Å²) in [5.41, 5.74) is 3.31. The Labute approximate surface area is 172 Å². The molecule has 7 heteroatoms. The highest BCUT2D eigenvalue weighted by Gasteiger charge is 2.27. The molecule has 29 heavy (non-hydrogen) atoms. The minimum absolute atomic E-state index is 0.137. The fraction of sp³-hybridized carbons (Fsp3) is 0.409. The van der Waals surface area contributed by atoms with Gasteiger partial charge >= 0.3 is 0 Å². The van der Waals surface area contributed by atoms with Crippen molar-refractivity contribution >= 4 is 15.9 Å². The van der Waals surface area contributed by atoms with Crippen molar-refractivity contribution in [2.75, 3.05) is 26.3 Å². The van der Waals surface area contributed by atoms with E-state index in [0.29, 0.717) is 31.9 Å². The number of amides is 1.